The van der Waals surface area contributed by atoms with Crippen LogP contribution >= 0.6 is 0 Å². The highest BCUT2D eigenvalue weighted by atomic mass is 16.5. The highest BCUT2D eigenvalue weighted by molar-refractivity contribution is 4.73. The Bertz CT molecular complexity index is 71.3. The molecule has 0 rings (SSSR count). The molecule has 0 aromatic rings. The van der Waals surface area contributed by atoms with E-state index in [1.807, 2.05) is 7.05 Å². The molecule has 0 spiro atoms. The maximum Gasteiger partial charge on any atom is 0.0479 e. The van der Waals surface area contributed by atoms with E-state index in [1.165, 1.54) is 0 Å². The van der Waals surface area contributed by atoms with Crippen LogP contribution < -0.4 is 5.32 Å². The zero-order valence-electron chi connectivity index (χ0n) is 6.82. The molecule has 0 atom stereocenters. The van der Waals surface area contributed by atoms with Gasteiger partial charge in [-0.05, 0) is 27.3 Å². The molecule has 0 aliphatic rings. The van der Waals surface area contributed by atoms with Gasteiger partial charge in [0.1, 0.15) is 0 Å². The zero-order valence-corrected chi connectivity index (χ0v) is 6.82. The summed E-state index contributed by atoms with van der Waals surface area (Å²) in [4.78, 5) is 0. The molecule has 0 aromatic heterocycles. The number of hydrogen-bond donors (Lipinski definition) is 1. The first kappa shape index (κ1) is 8.92. The standard InChI is InChI=1S/C7H17NO/c1-7(2,8-3)5-6-9-4/h8H,5-6H2,1-4H3. The molecular weight excluding hydrogens is 114 g/mol. The first-order valence-electron chi connectivity index (χ1n) is 3.30. The maximum atomic E-state index is 4.94. The monoisotopic (exact) mass is 131 g/mol. The summed E-state index contributed by atoms with van der Waals surface area (Å²) in [6.07, 6.45) is 1.06. The Morgan fingerprint density at radius 3 is 2.33 bits per heavy atom. The van der Waals surface area contributed by atoms with E-state index in [0.29, 0.717) is 0 Å². The molecule has 1 N–H and O–H groups in total. The highest BCUT2D eigenvalue weighted by Crippen LogP contribution is 2.05. The van der Waals surface area contributed by atoms with Crippen LogP contribution in [0.25, 0.3) is 0 Å². The number of nitrogens with one attached hydrogen (secondary N) is 1. The van der Waals surface area contributed by atoms with Crippen LogP contribution in [0.2, 0.25) is 0 Å². The van der Waals surface area contributed by atoms with Crippen molar-refractivity contribution in [2.75, 3.05) is 20.8 Å². The van der Waals surface area contributed by atoms with Crippen LogP contribution in [0.5, 0.6) is 0 Å². The Morgan fingerprint density at radius 2 is 2.00 bits per heavy atom. The quantitative estimate of drug-likeness (QED) is 0.615. The van der Waals surface area contributed by atoms with Gasteiger partial charge in [-0.15, -0.1) is 0 Å². The Kier molecular flexibility index (Phi) is 3.82. The molecule has 0 saturated carbocycles. The van der Waals surface area contributed by atoms with Crippen LogP contribution in [-0.4, -0.2) is 26.3 Å². The van der Waals surface area contributed by atoms with Crippen LogP contribution in [0.3, 0.4) is 0 Å². The molecule has 0 fully saturated rings. The summed E-state index contributed by atoms with van der Waals surface area (Å²) in [7, 11) is 3.70. The minimum absolute atomic E-state index is 0.218. The Hall–Kier alpha value is -0.0800. The van der Waals surface area contributed by atoms with Crippen LogP contribution in [0, 0.1) is 0 Å². The van der Waals surface area contributed by atoms with Gasteiger partial charge in [-0.3, -0.25) is 0 Å². The second-order valence-electron chi connectivity index (χ2n) is 2.88. The lowest BCUT2D eigenvalue weighted by atomic mass is 10.0. The summed E-state index contributed by atoms with van der Waals surface area (Å²) in [6, 6.07) is 0. The lowest BCUT2D eigenvalue weighted by Gasteiger charge is -2.22. The summed E-state index contributed by atoms with van der Waals surface area (Å²) in [5.41, 5.74) is 0.218. The van der Waals surface area contributed by atoms with Crippen molar-refractivity contribution in [3.63, 3.8) is 0 Å². The topological polar surface area (TPSA) is 21.3 Å². The van der Waals surface area contributed by atoms with Crippen molar-refractivity contribution in [3.05, 3.63) is 0 Å². The van der Waals surface area contributed by atoms with Gasteiger partial charge in [-0.2, -0.15) is 0 Å². The molecule has 0 aliphatic heterocycles. The number of ether oxygens (including phenoxy) is 1. The summed E-state index contributed by atoms with van der Waals surface area (Å²) < 4.78 is 4.94. The van der Waals surface area contributed by atoms with Crippen LogP contribution in [0.1, 0.15) is 20.3 Å². The minimum atomic E-state index is 0.218. The van der Waals surface area contributed by atoms with E-state index >= 15 is 0 Å². The predicted octanol–water partition coefficient (Wildman–Crippen LogP) is 1.02. The first-order chi connectivity index (χ1) is 4.12. The molecule has 0 heterocycles. The third kappa shape index (κ3) is 4.43. The fourth-order valence-corrected chi connectivity index (χ4v) is 0.482. The van der Waals surface area contributed by atoms with Crippen LogP contribution in [0.4, 0.5) is 0 Å². The molecule has 0 bridgehead atoms. The van der Waals surface area contributed by atoms with Gasteiger partial charge >= 0.3 is 0 Å². The molecule has 0 amide bonds. The van der Waals surface area contributed by atoms with Crippen LogP contribution in [0.15, 0.2) is 0 Å². The third-order valence-electron chi connectivity index (χ3n) is 1.61. The van der Waals surface area contributed by atoms with E-state index in [-0.39, 0.29) is 5.54 Å². The Labute approximate surface area is 57.6 Å². The second kappa shape index (κ2) is 3.85. The van der Waals surface area contributed by atoms with E-state index in [1.54, 1.807) is 7.11 Å². The third-order valence-corrected chi connectivity index (χ3v) is 1.61. The van der Waals surface area contributed by atoms with Crippen molar-refractivity contribution in [1.82, 2.24) is 5.32 Å². The van der Waals surface area contributed by atoms with E-state index in [2.05, 4.69) is 19.2 Å². The van der Waals surface area contributed by atoms with Crippen molar-refractivity contribution in [2.24, 2.45) is 0 Å². The molecule has 9 heavy (non-hydrogen) atoms. The van der Waals surface area contributed by atoms with Gasteiger partial charge in [0.05, 0.1) is 0 Å². The average molecular weight is 131 g/mol. The van der Waals surface area contributed by atoms with Gasteiger partial charge in [0.15, 0.2) is 0 Å². The molecule has 2 heteroatoms. The molecule has 0 aliphatic carbocycles. The lowest BCUT2D eigenvalue weighted by molar-refractivity contribution is 0.168. The molecule has 56 valence electrons. The lowest BCUT2D eigenvalue weighted by Crippen LogP contribution is -2.37. The number of methoxy groups -OCH3 is 1. The Balaban J connectivity index is 3.33. The molecular formula is C7H17NO. The van der Waals surface area contributed by atoms with Gasteiger partial charge in [0.2, 0.25) is 0 Å². The smallest absolute Gasteiger partial charge is 0.0479 e. The van der Waals surface area contributed by atoms with Gasteiger partial charge in [-0.25, -0.2) is 0 Å². The van der Waals surface area contributed by atoms with E-state index in [0.717, 1.165) is 13.0 Å². The van der Waals surface area contributed by atoms with Crippen molar-refractivity contribution in [1.29, 1.82) is 0 Å². The predicted molar refractivity (Wildman–Crippen MR) is 39.6 cm³/mol. The Morgan fingerprint density at radius 1 is 1.44 bits per heavy atom. The van der Waals surface area contributed by atoms with Gasteiger partial charge in [-0.1, -0.05) is 0 Å². The number of hydrogen-bond acceptors (Lipinski definition) is 2. The van der Waals surface area contributed by atoms with E-state index in [4.69, 9.17) is 4.74 Å². The highest BCUT2D eigenvalue weighted by Gasteiger charge is 2.12. The first-order valence-corrected chi connectivity index (χ1v) is 3.30. The minimum Gasteiger partial charge on any atom is -0.385 e. The summed E-state index contributed by atoms with van der Waals surface area (Å²) in [5.74, 6) is 0. The van der Waals surface area contributed by atoms with E-state index < -0.39 is 0 Å². The number of rotatable bonds is 4. The molecule has 2 nitrogen and oxygen atoms in total. The summed E-state index contributed by atoms with van der Waals surface area (Å²) in [6.45, 7) is 5.14. The molecule has 0 radical (unpaired) electrons. The van der Waals surface area contributed by atoms with Crippen molar-refractivity contribution in [2.45, 2.75) is 25.8 Å². The zero-order chi connectivity index (χ0) is 7.33. The molecule has 0 aromatic carbocycles. The van der Waals surface area contributed by atoms with Gasteiger partial charge in [0, 0.05) is 19.3 Å². The van der Waals surface area contributed by atoms with Gasteiger partial charge in [0.25, 0.3) is 0 Å². The fraction of sp³-hybridized carbons (Fsp3) is 1.00. The summed E-state index contributed by atoms with van der Waals surface area (Å²) in [5, 5.41) is 3.20. The summed E-state index contributed by atoms with van der Waals surface area (Å²) >= 11 is 0. The van der Waals surface area contributed by atoms with Crippen molar-refractivity contribution < 1.29 is 4.74 Å². The average Bonchev–Trinajstić information content (AvgIpc) is 1.84. The van der Waals surface area contributed by atoms with Crippen molar-refractivity contribution in [3.8, 4) is 0 Å². The maximum absolute atomic E-state index is 4.94. The molecule has 0 saturated heterocycles. The van der Waals surface area contributed by atoms with Crippen molar-refractivity contribution >= 4 is 0 Å². The van der Waals surface area contributed by atoms with E-state index in [9.17, 15) is 0 Å². The fourth-order valence-electron chi connectivity index (χ4n) is 0.482. The second-order valence-corrected chi connectivity index (χ2v) is 2.88. The van der Waals surface area contributed by atoms with Crippen LogP contribution in [-0.2, 0) is 4.74 Å². The largest absolute Gasteiger partial charge is 0.385 e. The SMILES string of the molecule is CNC(C)(C)CCOC. The molecule has 0 unspecified atom stereocenters. The van der Waals surface area contributed by atoms with Gasteiger partial charge < -0.3 is 10.1 Å². The normalized spacial score (nSPS) is 12.0.